The summed E-state index contributed by atoms with van der Waals surface area (Å²) >= 11 is 3.11. The van der Waals surface area contributed by atoms with Gasteiger partial charge in [-0.3, -0.25) is 4.79 Å². The highest BCUT2D eigenvalue weighted by molar-refractivity contribution is 9.10. The molecule has 0 radical (unpaired) electrons. The zero-order valence-corrected chi connectivity index (χ0v) is 9.37. The molecule has 76 valence electrons. The van der Waals surface area contributed by atoms with Crippen molar-refractivity contribution in [3.63, 3.8) is 0 Å². The molecular formula is C10H6BrNO3. The molecule has 0 aliphatic heterocycles. The minimum Gasteiger partial charge on any atom is -0.465 e. The van der Waals surface area contributed by atoms with Crippen LogP contribution in [0.2, 0.25) is 0 Å². The number of esters is 1. The zero-order chi connectivity index (χ0) is 11.4. The van der Waals surface area contributed by atoms with Crippen molar-refractivity contribution in [3.8, 4) is 6.07 Å². The summed E-state index contributed by atoms with van der Waals surface area (Å²) in [5, 5.41) is 8.81. The standard InChI is InChI=1S/C10H6BrNO3/c1-15-10(14)9-7(4-12)2-6(5-13)3-8(9)11/h2-3,5H,1H3. The summed E-state index contributed by atoms with van der Waals surface area (Å²) in [6.07, 6.45) is 0.604. The van der Waals surface area contributed by atoms with Crippen LogP contribution in [-0.2, 0) is 4.74 Å². The van der Waals surface area contributed by atoms with Gasteiger partial charge in [0.15, 0.2) is 0 Å². The number of carbonyl (C=O) groups is 2. The molecule has 0 bridgehead atoms. The van der Waals surface area contributed by atoms with E-state index in [9.17, 15) is 9.59 Å². The molecule has 0 saturated heterocycles. The minimum absolute atomic E-state index is 0.110. The highest BCUT2D eigenvalue weighted by Gasteiger charge is 2.16. The first-order valence-electron chi connectivity index (χ1n) is 3.91. The number of ether oxygens (including phenoxy) is 1. The van der Waals surface area contributed by atoms with Gasteiger partial charge in [-0.1, -0.05) is 0 Å². The van der Waals surface area contributed by atoms with Crippen LogP contribution in [0.4, 0.5) is 0 Å². The first-order chi connectivity index (χ1) is 7.13. The molecular weight excluding hydrogens is 262 g/mol. The molecule has 1 aromatic carbocycles. The SMILES string of the molecule is COC(=O)c1c(Br)cc(C=O)cc1C#N. The Hall–Kier alpha value is -1.67. The van der Waals surface area contributed by atoms with Crippen LogP contribution in [0.25, 0.3) is 0 Å². The lowest BCUT2D eigenvalue weighted by molar-refractivity contribution is 0.0599. The molecule has 0 aliphatic rings. The van der Waals surface area contributed by atoms with Gasteiger partial charge in [-0.05, 0) is 28.1 Å². The Morgan fingerprint density at radius 2 is 2.27 bits per heavy atom. The number of benzene rings is 1. The van der Waals surface area contributed by atoms with E-state index >= 15 is 0 Å². The number of aldehydes is 1. The van der Waals surface area contributed by atoms with E-state index < -0.39 is 5.97 Å². The van der Waals surface area contributed by atoms with E-state index in [1.807, 2.05) is 6.07 Å². The van der Waals surface area contributed by atoms with Gasteiger partial charge in [0.1, 0.15) is 12.4 Å². The van der Waals surface area contributed by atoms with E-state index in [1.54, 1.807) is 0 Å². The molecule has 0 heterocycles. The van der Waals surface area contributed by atoms with Gasteiger partial charge in [0.2, 0.25) is 0 Å². The number of hydrogen-bond donors (Lipinski definition) is 0. The van der Waals surface area contributed by atoms with Crippen LogP contribution >= 0.6 is 15.9 Å². The normalized spacial score (nSPS) is 9.13. The van der Waals surface area contributed by atoms with Crippen molar-refractivity contribution in [3.05, 3.63) is 33.3 Å². The quantitative estimate of drug-likeness (QED) is 0.607. The van der Waals surface area contributed by atoms with Crippen LogP contribution in [0.15, 0.2) is 16.6 Å². The van der Waals surface area contributed by atoms with Gasteiger partial charge in [-0.25, -0.2) is 4.79 Å². The average molecular weight is 268 g/mol. The van der Waals surface area contributed by atoms with Crippen molar-refractivity contribution in [2.45, 2.75) is 0 Å². The predicted octanol–water partition coefficient (Wildman–Crippen LogP) is 1.92. The molecule has 0 atom stereocenters. The molecule has 0 fully saturated rings. The van der Waals surface area contributed by atoms with Crippen LogP contribution < -0.4 is 0 Å². The summed E-state index contributed by atoms with van der Waals surface area (Å²) in [6, 6.07) is 4.63. The Kier molecular flexibility index (Phi) is 3.58. The Bertz CT molecular complexity index is 462. The molecule has 4 nitrogen and oxygen atoms in total. The fourth-order valence-corrected chi connectivity index (χ4v) is 1.73. The summed E-state index contributed by atoms with van der Waals surface area (Å²) in [4.78, 5) is 21.9. The summed E-state index contributed by atoms with van der Waals surface area (Å²) < 4.78 is 4.90. The van der Waals surface area contributed by atoms with Crippen molar-refractivity contribution in [2.24, 2.45) is 0 Å². The van der Waals surface area contributed by atoms with E-state index in [1.165, 1.54) is 19.2 Å². The molecule has 0 N–H and O–H groups in total. The Morgan fingerprint density at radius 3 is 2.73 bits per heavy atom. The molecule has 15 heavy (non-hydrogen) atoms. The van der Waals surface area contributed by atoms with Gasteiger partial charge in [0.05, 0.1) is 18.2 Å². The van der Waals surface area contributed by atoms with E-state index in [-0.39, 0.29) is 11.1 Å². The second-order valence-corrected chi connectivity index (χ2v) is 3.50. The number of methoxy groups -OCH3 is 1. The Labute approximate surface area is 94.6 Å². The molecule has 1 aromatic rings. The van der Waals surface area contributed by atoms with Gasteiger partial charge in [-0.2, -0.15) is 5.26 Å². The Morgan fingerprint density at radius 1 is 1.60 bits per heavy atom. The monoisotopic (exact) mass is 267 g/mol. The van der Waals surface area contributed by atoms with Gasteiger partial charge >= 0.3 is 5.97 Å². The smallest absolute Gasteiger partial charge is 0.340 e. The van der Waals surface area contributed by atoms with E-state index in [0.29, 0.717) is 16.3 Å². The zero-order valence-electron chi connectivity index (χ0n) is 7.78. The van der Waals surface area contributed by atoms with Crippen molar-refractivity contribution in [1.82, 2.24) is 0 Å². The first kappa shape index (κ1) is 11.4. The molecule has 1 rings (SSSR count). The number of nitrogens with zero attached hydrogens (tertiary/aromatic N) is 1. The highest BCUT2D eigenvalue weighted by Crippen LogP contribution is 2.23. The maximum atomic E-state index is 11.3. The highest BCUT2D eigenvalue weighted by atomic mass is 79.9. The number of halogens is 1. The average Bonchev–Trinajstić information content (AvgIpc) is 2.26. The number of hydrogen-bond acceptors (Lipinski definition) is 4. The molecule has 0 amide bonds. The number of carbonyl (C=O) groups excluding carboxylic acids is 2. The van der Waals surface area contributed by atoms with E-state index in [4.69, 9.17) is 5.26 Å². The second kappa shape index (κ2) is 4.71. The first-order valence-corrected chi connectivity index (χ1v) is 4.70. The summed E-state index contributed by atoms with van der Waals surface area (Å²) in [5.74, 6) is -0.615. The van der Waals surface area contributed by atoms with E-state index in [2.05, 4.69) is 20.7 Å². The topological polar surface area (TPSA) is 67.2 Å². The second-order valence-electron chi connectivity index (χ2n) is 2.65. The van der Waals surface area contributed by atoms with Crippen LogP contribution in [0.3, 0.4) is 0 Å². The molecule has 5 heteroatoms. The van der Waals surface area contributed by atoms with Gasteiger partial charge < -0.3 is 4.74 Å². The molecule has 0 aliphatic carbocycles. The number of rotatable bonds is 2. The molecule has 0 spiro atoms. The maximum Gasteiger partial charge on any atom is 0.340 e. The molecule has 0 unspecified atom stereocenters. The Balaban J connectivity index is 3.45. The van der Waals surface area contributed by atoms with Crippen molar-refractivity contribution >= 4 is 28.2 Å². The summed E-state index contributed by atoms with van der Waals surface area (Å²) in [5.41, 5.74) is 0.565. The lowest BCUT2D eigenvalue weighted by atomic mass is 10.1. The van der Waals surface area contributed by atoms with Gasteiger partial charge in [0, 0.05) is 10.0 Å². The third-order valence-corrected chi connectivity index (χ3v) is 2.38. The van der Waals surface area contributed by atoms with Gasteiger partial charge in [-0.15, -0.1) is 0 Å². The minimum atomic E-state index is -0.615. The van der Waals surface area contributed by atoms with Gasteiger partial charge in [0.25, 0.3) is 0 Å². The largest absolute Gasteiger partial charge is 0.465 e. The third-order valence-electron chi connectivity index (χ3n) is 1.76. The third kappa shape index (κ3) is 2.22. The van der Waals surface area contributed by atoms with Crippen molar-refractivity contribution < 1.29 is 14.3 Å². The summed E-state index contributed by atoms with van der Waals surface area (Å²) in [6.45, 7) is 0. The van der Waals surface area contributed by atoms with Crippen LogP contribution in [0.1, 0.15) is 26.3 Å². The summed E-state index contributed by atoms with van der Waals surface area (Å²) in [7, 11) is 1.23. The fourth-order valence-electron chi connectivity index (χ4n) is 1.09. The van der Waals surface area contributed by atoms with Crippen LogP contribution in [-0.4, -0.2) is 19.4 Å². The van der Waals surface area contributed by atoms with E-state index in [0.717, 1.165) is 0 Å². The van der Waals surface area contributed by atoms with Crippen molar-refractivity contribution in [1.29, 1.82) is 5.26 Å². The predicted molar refractivity (Wildman–Crippen MR) is 55.6 cm³/mol. The molecule has 0 aromatic heterocycles. The van der Waals surface area contributed by atoms with Crippen LogP contribution in [0.5, 0.6) is 0 Å². The lowest BCUT2D eigenvalue weighted by Gasteiger charge is -2.05. The fraction of sp³-hybridized carbons (Fsp3) is 0.100. The van der Waals surface area contributed by atoms with Crippen molar-refractivity contribution in [2.75, 3.05) is 7.11 Å². The maximum absolute atomic E-state index is 11.3. The lowest BCUT2D eigenvalue weighted by Crippen LogP contribution is -2.06. The number of nitriles is 1. The van der Waals surface area contributed by atoms with Crippen LogP contribution in [0, 0.1) is 11.3 Å². The molecule has 0 saturated carbocycles.